The highest BCUT2D eigenvalue weighted by atomic mass is 15.1. The molecule has 4 aromatic rings. The van der Waals surface area contributed by atoms with E-state index < -0.39 is 0 Å². The second-order valence-corrected chi connectivity index (χ2v) is 6.81. The lowest BCUT2D eigenvalue weighted by molar-refractivity contribution is 0.911. The summed E-state index contributed by atoms with van der Waals surface area (Å²) in [5.74, 6) is 1.25. The quantitative estimate of drug-likeness (QED) is 0.601. The van der Waals surface area contributed by atoms with Gasteiger partial charge in [-0.1, -0.05) is 6.07 Å². The van der Waals surface area contributed by atoms with Gasteiger partial charge in [-0.15, -0.1) is 0 Å². The van der Waals surface area contributed by atoms with Gasteiger partial charge in [0.05, 0.1) is 5.56 Å². The molecule has 5 rings (SSSR count). The molecule has 5 heteroatoms. The number of fused-ring (bicyclic) bond motifs is 2. The van der Waals surface area contributed by atoms with Crippen LogP contribution < -0.4 is 5.73 Å². The molecule has 3 heterocycles. The lowest BCUT2D eigenvalue weighted by atomic mass is 10.1. The summed E-state index contributed by atoms with van der Waals surface area (Å²) in [5.41, 5.74) is 13.6. The van der Waals surface area contributed by atoms with Crippen molar-refractivity contribution >= 4 is 17.0 Å². The predicted octanol–water partition coefficient (Wildman–Crippen LogP) is 3.86. The van der Waals surface area contributed by atoms with E-state index in [-0.39, 0.29) is 0 Å². The van der Waals surface area contributed by atoms with Gasteiger partial charge >= 0.3 is 0 Å². The molecule has 1 aliphatic rings. The number of rotatable bonds is 2. The van der Waals surface area contributed by atoms with Gasteiger partial charge in [0.2, 0.25) is 0 Å². The summed E-state index contributed by atoms with van der Waals surface area (Å²) in [6.45, 7) is 2.00. The van der Waals surface area contributed by atoms with E-state index in [1.54, 1.807) is 6.20 Å². The van der Waals surface area contributed by atoms with Crippen molar-refractivity contribution in [3.63, 3.8) is 0 Å². The van der Waals surface area contributed by atoms with Crippen molar-refractivity contribution in [1.29, 1.82) is 0 Å². The normalized spacial score (nSPS) is 13.3. The van der Waals surface area contributed by atoms with Crippen molar-refractivity contribution in [2.24, 2.45) is 0 Å². The molecule has 0 spiro atoms. The van der Waals surface area contributed by atoms with E-state index in [9.17, 15) is 0 Å². The number of hydrogen-bond donors (Lipinski definition) is 1. The zero-order valence-corrected chi connectivity index (χ0v) is 14.6. The smallest absolute Gasteiger partial charge is 0.165 e. The third-order valence-corrected chi connectivity index (χ3v) is 5.06. The molecule has 0 aliphatic heterocycles. The topological polar surface area (TPSA) is 69.6 Å². The number of anilines is 1. The molecule has 26 heavy (non-hydrogen) atoms. The molecule has 0 saturated carbocycles. The maximum Gasteiger partial charge on any atom is 0.165 e. The van der Waals surface area contributed by atoms with Crippen molar-refractivity contribution in [3.05, 3.63) is 65.5 Å². The number of aryl methyl sites for hydroxylation is 3. The molecule has 3 aromatic heterocycles. The van der Waals surface area contributed by atoms with Crippen LogP contribution in [0, 0.1) is 6.92 Å². The van der Waals surface area contributed by atoms with Crippen molar-refractivity contribution < 1.29 is 0 Å². The molecule has 1 aromatic carbocycles. The summed E-state index contributed by atoms with van der Waals surface area (Å²) < 4.78 is 2.11. The van der Waals surface area contributed by atoms with Crippen molar-refractivity contribution in [2.75, 3.05) is 5.73 Å². The lowest BCUT2D eigenvalue weighted by Gasteiger charge is -2.12. The average molecular weight is 341 g/mol. The van der Waals surface area contributed by atoms with Gasteiger partial charge in [-0.05, 0) is 73.7 Å². The molecule has 0 amide bonds. The standard InChI is InChI=1S/C21H19N5/c1-13-7-10-18-21(24-13)26(16-9-8-14-4-2-5-15(14)12-16)20(25-18)17-6-3-11-23-19(17)22/h3,6-12H,2,4-5H2,1H3,(H2,22,23). The van der Waals surface area contributed by atoms with Gasteiger partial charge in [0.15, 0.2) is 11.5 Å². The molecule has 1 aliphatic carbocycles. The molecule has 2 N–H and O–H groups in total. The maximum absolute atomic E-state index is 6.16. The third kappa shape index (κ3) is 2.28. The first kappa shape index (κ1) is 15.1. The molecule has 0 radical (unpaired) electrons. The van der Waals surface area contributed by atoms with E-state index in [2.05, 4.69) is 27.8 Å². The Kier molecular flexibility index (Phi) is 3.28. The van der Waals surface area contributed by atoms with E-state index >= 15 is 0 Å². The minimum Gasteiger partial charge on any atom is -0.383 e. The van der Waals surface area contributed by atoms with Crippen LogP contribution in [0.15, 0.2) is 48.7 Å². The average Bonchev–Trinajstić information content (AvgIpc) is 3.25. The highest BCUT2D eigenvalue weighted by Crippen LogP contribution is 2.32. The van der Waals surface area contributed by atoms with Crippen LogP contribution in [0.3, 0.4) is 0 Å². The Labute approximate surface area is 151 Å². The van der Waals surface area contributed by atoms with Crippen molar-refractivity contribution in [1.82, 2.24) is 19.5 Å². The van der Waals surface area contributed by atoms with Gasteiger partial charge in [-0.3, -0.25) is 4.57 Å². The Morgan fingerprint density at radius 3 is 2.77 bits per heavy atom. The number of benzene rings is 1. The zero-order chi connectivity index (χ0) is 17.7. The van der Waals surface area contributed by atoms with Crippen LogP contribution >= 0.6 is 0 Å². The summed E-state index contributed by atoms with van der Waals surface area (Å²) in [6.07, 6.45) is 5.22. The third-order valence-electron chi connectivity index (χ3n) is 5.06. The molecule has 0 fully saturated rings. The lowest BCUT2D eigenvalue weighted by Crippen LogP contribution is -2.03. The fraction of sp³-hybridized carbons (Fsp3) is 0.190. The largest absolute Gasteiger partial charge is 0.383 e. The van der Waals surface area contributed by atoms with Crippen LogP contribution in [0.2, 0.25) is 0 Å². The second-order valence-electron chi connectivity index (χ2n) is 6.81. The molecule has 128 valence electrons. The predicted molar refractivity (Wildman–Crippen MR) is 103 cm³/mol. The van der Waals surface area contributed by atoms with Crippen LogP contribution in [0.5, 0.6) is 0 Å². The Bertz CT molecular complexity index is 1140. The number of pyridine rings is 2. The number of nitrogens with two attached hydrogens (primary N) is 1. The molecule has 5 nitrogen and oxygen atoms in total. The van der Waals surface area contributed by atoms with E-state index in [4.69, 9.17) is 15.7 Å². The van der Waals surface area contributed by atoms with Crippen LogP contribution in [0.4, 0.5) is 5.82 Å². The first-order valence-electron chi connectivity index (χ1n) is 8.90. The number of imidazole rings is 1. The minimum absolute atomic E-state index is 0.474. The summed E-state index contributed by atoms with van der Waals surface area (Å²) in [5, 5.41) is 0. The van der Waals surface area contributed by atoms with Gasteiger partial charge in [0.1, 0.15) is 11.3 Å². The Hall–Kier alpha value is -3.21. The molecular formula is C21H19N5. The fourth-order valence-electron chi connectivity index (χ4n) is 3.78. The number of nitrogens with zero attached hydrogens (tertiary/aromatic N) is 4. The SMILES string of the molecule is Cc1ccc2nc(-c3cccnc3N)n(-c3ccc4c(c3)CCC4)c2n1. The van der Waals surface area contributed by atoms with E-state index in [0.29, 0.717) is 5.82 Å². The van der Waals surface area contributed by atoms with Gasteiger partial charge in [-0.25, -0.2) is 15.0 Å². The van der Waals surface area contributed by atoms with E-state index in [1.165, 1.54) is 24.0 Å². The monoisotopic (exact) mass is 341 g/mol. The van der Waals surface area contributed by atoms with Crippen molar-refractivity contribution in [2.45, 2.75) is 26.2 Å². The molecule has 0 unspecified atom stereocenters. The van der Waals surface area contributed by atoms with E-state index in [0.717, 1.165) is 40.4 Å². The number of hydrogen-bond acceptors (Lipinski definition) is 4. The zero-order valence-electron chi connectivity index (χ0n) is 14.6. The number of aromatic nitrogens is 4. The first-order valence-corrected chi connectivity index (χ1v) is 8.90. The number of nitrogen functional groups attached to an aromatic ring is 1. The summed E-state index contributed by atoms with van der Waals surface area (Å²) in [4.78, 5) is 13.8. The maximum atomic E-state index is 6.16. The molecular weight excluding hydrogens is 322 g/mol. The molecule has 0 atom stereocenters. The van der Waals surface area contributed by atoms with Gasteiger partial charge < -0.3 is 5.73 Å². The highest BCUT2D eigenvalue weighted by molar-refractivity contribution is 5.82. The molecule has 0 saturated heterocycles. The second kappa shape index (κ2) is 5.66. The van der Waals surface area contributed by atoms with Gasteiger partial charge in [0, 0.05) is 17.6 Å². The Morgan fingerprint density at radius 1 is 1.00 bits per heavy atom. The van der Waals surface area contributed by atoms with Gasteiger partial charge in [0.25, 0.3) is 0 Å². The van der Waals surface area contributed by atoms with Crippen LogP contribution in [-0.4, -0.2) is 19.5 Å². The summed E-state index contributed by atoms with van der Waals surface area (Å²) >= 11 is 0. The van der Waals surface area contributed by atoms with Crippen LogP contribution in [0.25, 0.3) is 28.2 Å². The highest BCUT2D eigenvalue weighted by Gasteiger charge is 2.19. The van der Waals surface area contributed by atoms with Gasteiger partial charge in [-0.2, -0.15) is 0 Å². The summed E-state index contributed by atoms with van der Waals surface area (Å²) in [7, 11) is 0. The Balaban J connectivity index is 1.83. The Morgan fingerprint density at radius 2 is 1.88 bits per heavy atom. The first-order chi connectivity index (χ1) is 12.7. The fourth-order valence-corrected chi connectivity index (χ4v) is 3.78. The van der Waals surface area contributed by atoms with Crippen LogP contribution in [0.1, 0.15) is 23.2 Å². The van der Waals surface area contributed by atoms with E-state index in [1.807, 2.05) is 31.2 Å². The minimum atomic E-state index is 0.474. The summed E-state index contributed by atoms with van der Waals surface area (Å²) in [6, 6.07) is 14.5. The van der Waals surface area contributed by atoms with Crippen LogP contribution in [-0.2, 0) is 12.8 Å². The van der Waals surface area contributed by atoms with Crippen molar-refractivity contribution in [3.8, 4) is 17.1 Å². The molecule has 0 bridgehead atoms.